The number of carbonyl (C=O) groups is 15. The standard InChI is InChI=1S/C23H22N2O7.C22H20N2O8.C16H28N2O6.C12H16N2O8.C10H14O6/c1-2-14-3-7-16(8-4-14)24-22(27)31-18-12-29-21-19(13-30-20(18)21)32-23(28)25-17-9-5-15(11-26)6-10-17;25-19(13-7-3-1-4-8-13)23-21(27)31-15-11-29-18-16(12-30-17(15)18)32-22(28)24-20(26)14-9-5-2-6-10-14;1-15(2,3)17-13(19)23-9-7-21-12-10(8-22-11(9)12)24-14(20)18-16(4,5)6;1-5(15)13-11(17)21-7-3-19-10-8(4-20-9(7)10)22-12(18)14-6(2)16;1-5(11)15-7-3-13-10-8(16-6(2)12)4-14-9(7)10/h2-11,18-21H,1,12-13H2,(H,24,27)(H,25,28);1-10,15-18H,11-12H2,(H,23,25,27)(H,24,26,28);9-12H,7-8H2,1-6H3,(H,17,19)(H,18,20);7-10H,3-4H2,1-2H3,(H,13,15,17)(H,14,16,18);7-10H,3-4H2,1-2H3/t18-,19+,20+,21+;15-,16-,17+,18+;9-,10+,11-,12-;2*7-,8+,9-,10-/m00111/s1. The van der Waals surface area contributed by atoms with Gasteiger partial charge in [0.2, 0.25) is 11.8 Å². The number of amides is 12. The van der Waals surface area contributed by atoms with Crippen LogP contribution in [0.1, 0.15) is 106 Å². The Bertz CT molecular complexity index is 4230. The summed E-state index contributed by atoms with van der Waals surface area (Å²) < 4.78 is 108. The van der Waals surface area contributed by atoms with E-state index < -0.39 is 182 Å². The number of alkyl carbamates (subject to hydrolysis) is 6. The van der Waals surface area contributed by atoms with Crippen molar-refractivity contribution in [2.75, 3.05) is 76.7 Å². The van der Waals surface area contributed by atoms with E-state index in [-0.39, 0.29) is 101 Å². The maximum atomic E-state index is 12.2. The molecule has 10 fully saturated rings. The molecule has 0 spiro atoms. The molecule has 10 aliphatic rings. The summed E-state index contributed by atoms with van der Waals surface area (Å²) in [5.74, 6) is -3.02. The van der Waals surface area contributed by atoms with Crippen molar-refractivity contribution in [1.82, 2.24) is 31.9 Å². The lowest BCUT2D eigenvalue weighted by molar-refractivity contribution is -0.152. The lowest BCUT2D eigenvalue weighted by Gasteiger charge is -2.23. The lowest BCUT2D eigenvalue weighted by atomic mass is 10.1. The van der Waals surface area contributed by atoms with Crippen molar-refractivity contribution >= 4 is 108 Å². The Morgan fingerprint density at radius 1 is 0.302 bits per heavy atom. The van der Waals surface area contributed by atoms with Crippen LogP contribution < -0.4 is 42.5 Å². The van der Waals surface area contributed by atoms with Crippen molar-refractivity contribution in [3.8, 4) is 0 Å². The summed E-state index contributed by atoms with van der Waals surface area (Å²) in [7, 11) is 0. The van der Waals surface area contributed by atoms with Crippen LogP contribution in [-0.4, -0.2) is 290 Å². The largest absolute Gasteiger partial charge is 0.457 e. The monoisotopic (exact) mass is 1770 g/mol. The summed E-state index contributed by atoms with van der Waals surface area (Å²) in [4.78, 5) is 173. The quantitative estimate of drug-likeness (QED) is 0.0394. The molecule has 12 amide bonds. The number of hydrogen-bond donors (Lipinski definition) is 8. The maximum Gasteiger partial charge on any atom is 0.414 e. The van der Waals surface area contributed by atoms with Gasteiger partial charge in [-0.1, -0.05) is 61.2 Å². The number of esters is 2. The first-order valence-corrected chi connectivity index (χ1v) is 39.8. The Morgan fingerprint density at radius 3 is 0.746 bits per heavy atom. The second-order valence-corrected chi connectivity index (χ2v) is 31.4. The SMILES string of the molecule is C=Cc1ccc(NC(=O)O[C@H]2CO[C@H]3[C@@H]2OC[C@H]3OC(=O)Nc2ccc(C=O)cc2)cc1.CC(=O)NC(=O)O[C@H]1CO[C@H]2[C@@H]1OC[C@H]2OC(=O)NC(C)=O.CC(=O)O[C@H]1CO[C@H]2[C@@H]1OC[C@H]2OC(C)=O.CC(C)(C)NC(=O)O[C@H]1CO[C@H]2[C@@H]1OC[C@H]2OC(=O)NC(C)(C)C.O=C(NC(=O)c1ccccc1)O[C@H]1CO[C@H]2[C@@H]1OC[C@@H]2OC(=O)NC(=O)c1ccccc1. The van der Waals surface area contributed by atoms with Crippen LogP contribution in [0.5, 0.6) is 0 Å². The van der Waals surface area contributed by atoms with Crippen LogP contribution in [0.25, 0.3) is 6.08 Å². The number of carbonyl (C=O) groups excluding carboxylic acids is 15. The Morgan fingerprint density at radius 2 is 0.524 bits per heavy atom. The van der Waals surface area contributed by atoms with Crippen LogP contribution in [-0.2, 0) is 114 Å². The number of hydrogen-bond acceptors (Lipinski definition) is 35. The first kappa shape index (κ1) is 95.9. The third-order valence-corrected chi connectivity index (χ3v) is 19.2. The number of rotatable bonds is 16. The molecule has 0 bridgehead atoms. The van der Waals surface area contributed by atoms with Gasteiger partial charge in [-0.2, -0.15) is 0 Å². The van der Waals surface area contributed by atoms with Gasteiger partial charge in [-0.15, -0.1) is 0 Å². The van der Waals surface area contributed by atoms with Crippen molar-refractivity contribution in [3.63, 3.8) is 0 Å². The highest BCUT2D eigenvalue weighted by Gasteiger charge is 2.56. The number of benzene rings is 4. The second kappa shape index (κ2) is 44.5. The van der Waals surface area contributed by atoms with Crippen LogP contribution >= 0.6 is 0 Å². The maximum absolute atomic E-state index is 12.2. The molecule has 43 nitrogen and oxygen atoms in total. The molecule has 0 aromatic heterocycles. The lowest BCUT2D eigenvalue weighted by Crippen LogP contribution is -2.45. The molecule has 4 aromatic carbocycles. The molecule has 8 N–H and O–H groups in total. The highest BCUT2D eigenvalue weighted by Crippen LogP contribution is 2.36. The summed E-state index contributed by atoms with van der Waals surface area (Å²) in [6.45, 7) is 21.3. The van der Waals surface area contributed by atoms with E-state index in [1.54, 1.807) is 103 Å². The fraction of sp³-hybridized carbons (Fsp3) is 0.506. The van der Waals surface area contributed by atoms with Crippen LogP contribution in [0.2, 0.25) is 0 Å². The third kappa shape index (κ3) is 28.3. The van der Waals surface area contributed by atoms with Crippen molar-refractivity contribution in [3.05, 3.63) is 138 Å². The van der Waals surface area contributed by atoms with Crippen LogP contribution in [0.4, 0.5) is 49.7 Å². The van der Waals surface area contributed by atoms with Crippen molar-refractivity contribution in [2.24, 2.45) is 0 Å². The highest BCUT2D eigenvalue weighted by atomic mass is 16.7. The zero-order valence-corrected chi connectivity index (χ0v) is 70.2. The van der Waals surface area contributed by atoms with Gasteiger partial charge < -0.3 is 105 Å². The van der Waals surface area contributed by atoms with Crippen molar-refractivity contribution < 1.29 is 167 Å². The molecule has 682 valence electrons. The Balaban J connectivity index is 0.000000168. The van der Waals surface area contributed by atoms with Crippen LogP contribution in [0.3, 0.4) is 0 Å². The van der Waals surface area contributed by atoms with E-state index in [1.807, 2.05) is 64.3 Å². The minimum absolute atomic E-state index is 0.00665. The summed E-state index contributed by atoms with van der Waals surface area (Å²) in [6.07, 6.45) is -14.8. The van der Waals surface area contributed by atoms with Gasteiger partial charge in [-0.3, -0.25) is 65.5 Å². The van der Waals surface area contributed by atoms with E-state index >= 15 is 0 Å². The third-order valence-electron chi connectivity index (χ3n) is 19.2. The van der Waals surface area contributed by atoms with Gasteiger partial charge >= 0.3 is 60.7 Å². The average Bonchev–Trinajstić information content (AvgIpc) is 1.66. The zero-order chi connectivity index (χ0) is 91.1. The number of ether oxygens (including phenoxy) is 20. The van der Waals surface area contributed by atoms with E-state index in [0.717, 1.165) is 5.56 Å². The summed E-state index contributed by atoms with van der Waals surface area (Å²) in [5, 5.41) is 18.9. The van der Waals surface area contributed by atoms with Gasteiger partial charge in [0, 0.05) is 66.8 Å². The molecule has 0 saturated carbocycles. The number of fused-ring (bicyclic) bond motifs is 5. The Hall–Kier alpha value is -12.3. The van der Waals surface area contributed by atoms with Gasteiger partial charge in [-0.25, -0.2) is 38.4 Å². The zero-order valence-electron chi connectivity index (χ0n) is 70.2. The summed E-state index contributed by atoms with van der Waals surface area (Å²) >= 11 is 0. The van der Waals surface area contributed by atoms with Gasteiger partial charge in [0.15, 0.2) is 61.0 Å². The van der Waals surface area contributed by atoms with E-state index in [2.05, 4.69) is 38.5 Å². The number of anilines is 2. The van der Waals surface area contributed by atoms with Crippen molar-refractivity contribution in [1.29, 1.82) is 0 Å². The molecular weight excluding hydrogens is 1670 g/mol. The number of aldehydes is 1. The van der Waals surface area contributed by atoms with Gasteiger partial charge in [0.05, 0.1) is 66.1 Å². The molecule has 126 heavy (non-hydrogen) atoms. The second-order valence-electron chi connectivity index (χ2n) is 31.4. The number of nitrogens with one attached hydrogen (secondary N) is 8. The minimum atomic E-state index is -0.938. The molecule has 0 radical (unpaired) electrons. The molecule has 10 aliphatic heterocycles. The molecule has 4 aromatic rings. The predicted molar refractivity (Wildman–Crippen MR) is 427 cm³/mol. The van der Waals surface area contributed by atoms with Crippen molar-refractivity contribution in [2.45, 2.75) is 202 Å². The first-order chi connectivity index (χ1) is 59.9. The van der Waals surface area contributed by atoms with E-state index in [9.17, 15) is 71.9 Å². The molecule has 20 atom stereocenters. The van der Waals surface area contributed by atoms with Gasteiger partial charge in [-0.05, 0) is 108 Å². The molecular formula is C83H100N8O35. The summed E-state index contributed by atoms with van der Waals surface area (Å²) in [5.41, 5.74) is 2.36. The van der Waals surface area contributed by atoms with Crippen LogP contribution in [0, 0.1) is 0 Å². The fourth-order valence-electron chi connectivity index (χ4n) is 13.9. The molecule has 0 aliphatic carbocycles. The molecule has 43 heteroatoms. The first-order valence-electron chi connectivity index (χ1n) is 39.8. The molecule has 14 rings (SSSR count). The van der Waals surface area contributed by atoms with Gasteiger partial charge in [0.25, 0.3) is 11.8 Å². The Kier molecular flexibility index (Phi) is 33.9. The highest BCUT2D eigenvalue weighted by molar-refractivity contribution is 6.03. The van der Waals surface area contributed by atoms with E-state index in [4.69, 9.17) is 94.7 Å². The average molecular weight is 1770 g/mol. The molecule has 10 heterocycles. The van der Waals surface area contributed by atoms with Gasteiger partial charge in [0.1, 0.15) is 67.3 Å². The Labute approximate surface area is 721 Å². The summed E-state index contributed by atoms with van der Waals surface area (Å²) in [6, 6.07) is 29.9. The predicted octanol–water partition coefficient (Wildman–Crippen LogP) is 5.41. The van der Waals surface area contributed by atoms with E-state index in [1.165, 1.54) is 27.7 Å². The fourth-order valence-corrected chi connectivity index (χ4v) is 13.9. The normalized spacial score (nSPS) is 27.5. The van der Waals surface area contributed by atoms with E-state index in [0.29, 0.717) is 34.4 Å². The topological polar surface area (TPSA) is 537 Å². The minimum Gasteiger partial charge on any atom is -0.457 e. The number of imide groups is 4. The molecule has 0 unspecified atom stereocenters. The molecule has 10 saturated heterocycles. The van der Waals surface area contributed by atoms with Crippen LogP contribution in [0.15, 0.2) is 116 Å². The smallest absolute Gasteiger partial charge is 0.414 e.